The summed E-state index contributed by atoms with van der Waals surface area (Å²) in [6, 6.07) is 0.813. The Balaban J connectivity index is 1.80. The third-order valence-corrected chi connectivity index (χ3v) is 3.32. The fraction of sp³-hybridized carbons (Fsp3) is 0.909. The Morgan fingerprint density at radius 1 is 1.47 bits per heavy atom. The van der Waals surface area contributed by atoms with Gasteiger partial charge in [-0.15, -0.1) is 0 Å². The monoisotopic (exact) mass is 211 g/mol. The molecule has 0 spiro atoms. The highest BCUT2D eigenvalue weighted by Crippen LogP contribution is 2.26. The first kappa shape index (κ1) is 10.9. The second kappa shape index (κ2) is 4.49. The molecule has 1 atom stereocenters. The summed E-state index contributed by atoms with van der Waals surface area (Å²) in [4.78, 5) is 16.2. The van der Waals surface area contributed by atoms with Crippen molar-refractivity contribution in [2.45, 2.75) is 38.3 Å². The topological polar surface area (TPSA) is 49.6 Å². The fourth-order valence-electron chi connectivity index (χ4n) is 2.31. The van der Waals surface area contributed by atoms with Crippen molar-refractivity contribution in [3.05, 3.63) is 0 Å². The standard InChI is InChI=1S/C11H21N3O/c1-2-14(10-3-4-10)11(15)8-13-6-5-9(12)7-13/h9-10H,2-8,12H2,1H3/t9-/m1/s1. The summed E-state index contributed by atoms with van der Waals surface area (Å²) in [7, 11) is 0. The molecule has 0 aromatic heterocycles. The van der Waals surface area contributed by atoms with E-state index in [4.69, 9.17) is 5.73 Å². The summed E-state index contributed by atoms with van der Waals surface area (Å²) in [5.41, 5.74) is 5.82. The van der Waals surface area contributed by atoms with Crippen LogP contribution in [0.5, 0.6) is 0 Å². The lowest BCUT2D eigenvalue weighted by atomic mass is 10.3. The van der Waals surface area contributed by atoms with Crippen LogP contribution in [0.4, 0.5) is 0 Å². The van der Waals surface area contributed by atoms with Crippen LogP contribution in [0.2, 0.25) is 0 Å². The van der Waals surface area contributed by atoms with Crippen LogP contribution in [-0.4, -0.2) is 54.0 Å². The Labute approximate surface area is 91.4 Å². The number of amides is 1. The van der Waals surface area contributed by atoms with E-state index in [2.05, 4.69) is 11.8 Å². The van der Waals surface area contributed by atoms with E-state index in [1.807, 2.05) is 4.90 Å². The molecule has 0 bridgehead atoms. The van der Waals surface area contributed by atoms with Crippen LogP contribution in [0.25, 0.3) is 0 Å². The molecule has 0 aromatic rings. The van der Waals surface area contributed by atoms with E-state index >= 15 is 0 Å². The van der Waals surface area contributed by atoms with Crippen LogP contribution in [0.1, 0.15) is 26.2 Å². The maximum Gasteiger partial charge on any atom is 0.236 e. The molecule has 1 amide bonds. The molecular weight excluding hydrogens is 190 g/mol. The van der Waals surface area contributed by atoms with E-state index in [0.29, 0.717) is 12.6 Å². The minimum atomic E-state index is 0.272. The first-order valence-corrected chi connectivity index (χ1v) is 5.98. The van der Waals surface area contributed by atoms with Gasteiger partial charge in [-0.1, -0.05) is 0 Å². The molecule has 1 saturated heterocycles. The van der Waals surface area contributed by atoms with Crippen molar-refractivity contribution in [1.29, 1.82) is 0 Å². The second-order valence-electron chi connectivity index (χ2n) is 4.69. The van der Waals surface area contributed by atoms with Crippen LogP contribution in [0.3, 0.4) is 0 Å². The van der Waals surface area contributed by atoms with Gasteiger partial charge in [-0.2, -0.15) is 0 Å². The highest BCUT2D eigenvalue weighted by Gasteiger charge is 2.32. The van der Waals surface area contributed by atoms with E-state index in [1.54, 1.807) is 0 Å². The Morgan fingerprint density at radius 2 is 2.20 bits per heavy atom. The Hall–Kier alpha value is -0.610. The number of nitrogens with zero attached hydrogens (tertiary/aromatic N) is 2. The zero-order chi connectivity index (χ0) is 10.8. The number of hydrogen-bond acceptors (Lipinski definition) is 3. The largest absolute Gasteiger partial charge is 0.339 e. The van der Waals surface area contributed by atoms with Gasteiger partial charge in [0, 0.05) is 31.7 Å². The molecule has 1 saturated carbocycles. The van der Waals surface area contributed by atoms with Crippen molar-refractivity contribution in [1.82, 2.24) is 9.80 Å². The lowest BCUT2D eigenvalue weighted by Gasteiger charge is -2.23. The lowest BCUT2D eigenvalue weighted by molar-refractivity contribution is -0.132. The number of carbonyl (C=O) groups is 1. The number of carbonyl (C=O) groups excluding carboxylic acids is 1. The van der Waals surface area contributed by atoms with Crippen molar-refractivity contribution in [3.8, 4) is 0 Å². The molecule has 1 aliphatic heterocycles. The third-order valence-electron chi connectivity index (χ3n) is 3.32. The van der Waals surface area contributed by atoms with Gasteiger partial charge < -0.3 is 10.6 Å². The minimum Gasteiger partial charge on any atom is -0.339 e. The van der Waals surface area contributed by atoms with Gasteiger partial charge in [-0.05, 0) is 26.2 Å². The van der Waals surface area contributed by atoms with Crippen molar-refractivity contribution >= 4 is 5.91 Å². The molecule has 1 heterocycles. The van der Waals surface area contributed by atoms with Gasteiger partial charge in [0.25, 0.3) is 0 Å². The van der Waals surface area contributed by atoms with E-state index in [1.165, 1.54) is 12.8 Å². The molecule has 15 heavy (non-hydrogen) atoms. The van der Waals surface area contributed by atoms with Crippen LogP contribution in [-0.2, 0) is 4.79 Å². The van der Waals surface area contributed by atoms with Gasteiger partial charge in [0.1, 0.15) is 0 Å². The SMILES string of the molecule is CCN(C(=O)CN1CC[C@@H](N)C1)C1CC1. The fourth-order valence-corrected chi connectivity index (χ4v) is 2.31. The highest BCUT2D eigenvalue weighted by molar-refractivity contribution is 5.79. The number of hydrogen-bond donors (Lipinski definition) is 1. The van der Waals surface area contributed by atoms with Crippen LogP contribution >= 0.6 is 0 Å². The van der Waals surface area contributed by atoms with Gasteiger partial charge in [0.05, 0.1) is 6.54 Å². The predicted molar refractivity (Wildman–Crippen MR) is 59.4 cm³/mol. The Kier molecular flexibility index (Phi) is 3.26. The molecule has 2 fully saturated rings. The lowest BCUT2D eigenvalue weighted by Crippen LogP contribution is -2.41. The zero-order valence-corrected chi connectivity index (χ0v) is 9.48. The molecule has 2 aliphatic rings. The van der Waals surface area contributed by atoms with E-state index in [-0.39, 0.29) is 11.9 Å². The molecule has 2 N–H and O–H groups in total. The molecule has 0 unspecified atom stereocenters. The average molecular weight is 211 g/mol. The molecule has 4 nitrogen and oxygen atoms in total. The quantitative estimate of drug-likeness (QED) is 0.714. The molecule has 2 rings (SSSR count). The number of likely N-dealkylation sites (N-methyl/N-ethyl adjacent to an activating group) is 1. The summed E-state index contributed by atoms with van der Waals surface area (Å²) >= 11 is 0. The maximum absolute atomic E-state index is 12.0. The summed E-state index contributed by atoms with van der Waals surface area (Å²) in [6.07, 6.45) is 3.42. The number of likely N-dealkylation sites (tertiary alicyclic amines) is 1. The molecular formula is C11H21N3O. The maximum atomic E-state index is 12.0. The van der Waals surface area contributed by atoms with Gasteiger partial charge in [-0.3, -0.25) is 9.69 Å². The second-order valence-corrected chi connectivity index (χ2v) is 4.69. The average Bonchev–Trinajstić information content (AvgIpc) is 2.93. The van der Waals surface area contributed by atoms with Crippen molar-refractivity contribution < 1.29 is 4.79 Å². The van der Waals surface area contributed by atoms with Gasteiger partial charge in [0.2, 0.25) is 5.91 Å². The van der Waals surface area contributed by atoms with Crippen LogP contribution in [0.15, 0.2) is 0 Å². The first-order valence-electron chi connectivity index (χ1n) is 5.98. The molecule has 1 aliphatic carbocycles. The molecule has 4 heteroatoms. The van der Waals surface area contributed by atoms with Crippen molar-refractivity contribution in [2.75, 3.05) is 26.2 Å². The Morgan fingerprint density at radius 3 is 2.67 bits per heavy atom. The minimum absolute atomic E-state index is 0.272. The molecule has 0 aromatic carbocycles. The summed E-state index contributed by atoms with van der Waals surface area (Å²) in [5, 5.41) is 0. The summed E-state index contributed by atoms with van der Waals surface area (Å²) in [6.45, 7) is 5.34. The number of rotatable bonds is 4. The normalized spacial score (nSPS) is 26.9. The summed E-state index contributed by atoms with van der Waals surface area (Å²) < 4.78 is 0. The van der Waals surface area contributed by atoms with Gasteiger partial charge in [-0.25, -0.2) is 0 Å². The highest BCUT2D eigenvalue weighted by atomic mass is 16.2. The van der Waals surface area contributed by atoms with E-state index in [0.717, 1.165) is 26.1 Å². The van der Waals surface area contributed by atoms with E-state index < -0.39 is 0 Å². The third kappa shape index (κ3) is 2.69. The Bertz CT molecular complexity index is 240. The van der Waals surface area contributed by atoms with Crippen molar-refractivity contribution in [3.63, 3.8) is 0 Å². The summed E-state index contributed by atoms with van der Waals surface area (Å²) in [5.74, 6) is 0.286. The molecule has 0 radical (unpaired) electrons. The van der Waals surface area contributed by atoms with Crippen LogP contribution in [0, 0.1) is 0 Å². The predicted octanol–water partition coefficient (Wildman–Crippen LogP) is 0.0303. The van der Waals surface area contributed by atoms with E-state index in [9.17, 15) is 4.79 Å². The number of nitrogens with two attached hydrogens (primary N) is 1. The smallest absolute Gasteiger partial charge is 0.236 e. The van der Waals surface area contributed by atoms with Gasteiger partial charge in [0.15, 0.2) is 0 Å². The van der Waals surface area contributed by atoms with Crippen molar-refractivity contribution in [2.24, 2.45) is 5.73 Å². The zero-order valence-electron chi connectivity index (χ0n) is 9.48. The molecule has 86 valence electrons. The first-order chi connectivity index (χ1) is 7.20. The van der Waals surface area contributed by atoms with Gasteiger partial charge >= 0.3 is 0 Å². The van der Waals surface area contributed by atoms with Crippen LogP contribution < -0.4 is 5.73 Å².